The molecule has 0 spiro atoms. The number of ether oxygens (including phenoxy) is 1. The van der Waals surface area contributed by atoms with Crippen molar-refractivity contribution < 1.29 is 4.74 Å². The van der Waals surface area contributed by atoms with Crippen LogP contribution in [-0.2, 0) is 11.2 Å². The summed E-state index contributed by atoms with van der Waals surface area (Å²) in [5.41, 5.74) is 4.95. The number of aryl methyl sites for hydroxylation is 1. The van der Waals surface area contributed by atoms with Crippen LogP contribution in [-0.4, -0.2) is 67.1 Å². The van der Waals surface area contributed by atoms with E-state index in [-0.39, 0.29) is 30.0 Å². The van der Waals surface area contributed by atoms with Crippen LogP contribution in [0, 0.1) is 6.92 Å². The van der Waals surface area contributed by atoms with Gasteiger partial charge in [-0.25, -0.2) is 4.68 Å². The molecule has 8 heteroatoms. The molecule has 2 aromatic carbocycles. The summed E-state index contributed by atoms with van der Waals surface area (Å²) in [7, 11) is 1.82. The quantitative estimate of drug-likeness (QED) is 0.245. The van der Waals surface area contributed by atoms with Gasteiger partial charge in [0.2, 0.25) is 0 Å². The van der Waals surface area contributed by atoms with Gasteiger partial charge in [-0.1, -0.05) is 42.0 Å². The van der Waals surface area contributed by atoms with Crippen LogP contribution in [0.2, 0.25) is 0 Å². The van der Waals surface area contributed by atoms with Crippen LogP contribution in [0.1, 0.15) is 22.7 Å². The third-order valence-electron chi connectivity index (χ3n) is 6.05. The molecule has 1 fully saturated rings. The smallest absolute Gasteiger partial charge is 0.191 e. The van der Waals surface area contributed by atoms with Crippen molar-refractivity contribution in [2.24, 2.45) is 4.99 Å². The molecule has 1 aromatic heterocycles. The molecule has 4 rings (SSSR count). The number of aliphatic imine (C=N–C) groups is 1. The highest BCUT2D eigenvalue weighted by Gasteiger charge is 2.22. The third-order valence-corrected chi connectivity index (χ3v) is 6.05. The summed E-state index contributed by atoms with van der Waals surface area (Å²) in [5.74, 6) is 0.827. The summed E-state index contributed by atoms with van der Waals surface area (Å²) < 4.78 is 7.44. The normalized spacial score (nSPS) is 15.4. The fraction of sp³-hybridized carbons (Fsp3) is 0.385. The van der Waals surface area contributed by atoms with Crippen LogP contribution in [0.4, 0.5) is 0 Å². The second-order valence-corrected chi connectivity index (χ2v) is 8.32. The minimum atomic E-state index is 0. The van der Waals surface area contributed by atoms with Crippen LogP contribution in [0.3, 0.4) is 0 Å². The topological polar surface area (TPSA) is 66.7 Å². The number of halogens is 1. The highest BCUT2D eigenvalue weighted by atomic mass is 127. The Labute approximate surface area is 219 Å². The van der Waals surface area contributed by atoms with Crippen molar-refractivity contribution in [3.8, 4) is 5.69 Å². The predicted molar refractivity (Wildman–Crippen MR) is 148 cm³/mol. The Kier molecular flexibility index (Phi) is 10.4. The molecule has 182 valence electrons. The fourth-order valence-corrected chi connectivity index (χ4v) is 4.11. The van der Waals surface area contributed by atoms with Crippen LogP contribution in [0.5, 0.6) is 0 Å². The van der Waals surface area contributed by atoms with Gasteiger partial charge in [0.15, 0.2) is 5.96 Å². The highest BCUT2D eigenvalue weighted by molar-refractivity contribution is 14.0. The Hall–Kier alpha value is -2.43. The Balaban J connectivity index is 0.00000324. The number of nitrogens with one attached hydrogen (secondary N) is 2. The molecule has 0 aliphatic carbocycles. The predicted octanol–water partition coefficient (Wildman–Crippen LogP) is 3.58. The maximum Gasteiger partial charge on any atom is 0.191 e. The van der Waals surface area contributed by atoms with Gasteiger partial charge in [0.25, 0.3) is 0 Å². The van der Waals surface area contributed by atoms with E-state index in [1.165, 1.54) is 16.7 Å². The molecule has 0 amide bonds. The lowest BCUT2D eigenvalue weighted by atomic mass is 10.0. The van der Waals surface area contributed by atoms with E-state index in [1.54, 1.807) is 6.20 Å². The number of nitrogens with zero attached hydrogens (tertiary/aromatic N) is 4. The second kappa shape index (κ2) is 13.5. The van der Waals surface area contributed by atoms with Gasteiger partial charge in [0.1, 0.15) is 0 Å². The van der Waals surface area contributed by atoms with E-state index >= 15 is 0 Å². The van der Waals surface area contributed by atoms with Crippen LogP contribution in [0.25, 0.3) is 5.69 Å². The summed E-state index contributed by atoms with van der Waals surface area (Å²) in [6.07, 6.45) is 4.66. The molecule has 1 unspecified atom stereocenters. The molecular weight excluding hydrogens is 539 g/mol. The van der Waals surface area contributed by atoms with Crippen molar-refractivity contribution in [1.29, 1.82) is 0 Å². The van der Waals surface area contributed by atoms with E-state index in [9.17, 15) is 0 Å². The average molecular weight is 575 g/mol. The molecule has 1 aliphatic rings. The van der Waals surface area contributed by atoms with Gasteiger partial charge >= 0.3 is 0 Å². The molecule has 1 saturated heterocycles. The van der Waals surface area contributed by atoms with Gasteiger partial charge in [-0.2, -0.15) is 5.10 Å². The van der Waals surface area contributed by atoms with Crippen molar-refractivity contribution in [2.45, 2.75) is 19.4 Å². The first-order valence-corrected chi connectivity index (χ1v) is 11.6. The molecule has 0 radical (unpaired) electrons. The first kappa shape index (κ1) is 26.2. The molecular formula is C26H35IN6O. The van der Waals surface area contributed by atoms with E-state index in [1.807, 2.05) is 24.0 Å². The Morgan fingerprint density at radius 2 is 1.79 bits per heavy atom. The Morgan fingerprint density at radius 3 is 2.44 bits per heavy atom. The summed E-state index contributed by atoms with van der Waals surface area (Å²) in [6, 6.07) is 19.6. The zero-order valence-corrected chi connectivity index (χ0v) is 22.3. The Bertz CT molecular complexity index is 999. The summed E-state index contributed by atoms with van der Waals surface area (Å²) in [5, 5.41) is 11.3. The van der Waals surface area contributed by atoms with Gasteiger partial charge < -0.3 is 15.4 Å². The number of hydrogen-bond acceptors (Lipinski definition) is 4. The molecule has 2 N–H and O–H groups in total. The molecule has 1 aliphatic heterocycles. The minimum absolute atomic E-state index is 0. The summed E-state index contributed by atoms with van der Waals surface area (Å²) in [6.45, 7) is 7.20. The van der Waals surface area contributed by atoms with Gasteiger partial charge in [0, 0.05) is 45.6 Å². The summed E-state index contributed by atoms with van der Waals surface area (Å²) >= 11 is 0. The van der Waals surface area contributed by atoms with Crippen molar-refractivity contribution in [2.75, 3.05) is 46.4 Å². The number of aromatic nitrogens is 2. The first-order valence-electron chi connectivity index (χ1n) is 11.6. The van der Waals surface area contributed by atoms with Crippen molar-refractivity contribution in [3.05, 3.63) is 83.7 Å². The number of morpholine rings is 1. The maximum absolute atomic E-state index is 5.57. The molecule has 3 aromatic rings. The Morgan fingerprint density at radius 1 is 1.06 bits per heavy atom. The summed E-state index contributed by atoms with van der Waals surface area (Å²) in [4.78, 5) is 6.93. The van der Waals surface area contributed by atoms with Gasteiger partial charge in [-0.05, 0) is 42.7 Å². The molecule has 7 nitrogen and oxygen atoms in total. The number of benzene rings is 2. The van der Waals surface area contributed by atoms with Crippen LogP contribution in [0.15, 0.2) is 72.0 Å². The molecule has 0 saturated carbocycles. The monoisotopic (exact) mass is 574 g/mol. The van der Waals surface area contributed by atoms with Gasteiger partial charge in [-0.15, -0.1) is 24.0 Å². The number of hydrogen-bond donors (Lipinski definition) is 2. The lowest BCUT2D eigenvalue weighted by Crippen LogP contribution is -2.46. The largest absolute Gasteiger partial charge is 0.379 e. The zero-order valence-electron chi connectivity index (χ0n) is 20.0. The zero-order chi connectivity index (χ0) is 22.9. The second-order valence-electron chi connectivity index (χ2n) is 8.32. The van der Waals surface area contributed by atoms with E-state index < -0.39 is 0 Å². The van der Waals surface area contributed by atoms with Gasteiger partial charge in [0.05, 0.1) is 24.9 Å². The number of guanidine groups is 1. The lowest BCUT2D eigenvalue weighted by molar-refractivity contribution is 0.0170. The number of rotatable bonds is 8. The van der Waals surface area contributed by atoms with E-state index in [0.29, 0.717) is 0 Å². The lowest BCUT2D eigenvalue weighted by Gasteiger charge is -2.35. The van der Waals surface area contributed by atoms with Crippen LogP contribution >= 0.6 is 24.0 Å². The third kappa shape index (κ3) is 7.28. The molecule has 1 atom stereocenters. The molecule has 2 heterocycles. The van der Waals surface area contributed by atoms with Crippen molar-refractivity contribution in [1.82, 2.24) is 25.3 Å². The molecule has 34 heavy (non-hydrogen) atoms. The van der Waals surface area contributed by atoms with Crippen molar-refractivity contribution in [3.63, 3.8) is 0 Å². The fourth-order valence-electron chi connectivity index (χ4n) is 4.11. The van der Waals surface area contributed by atoms with Crippen LogP contribution < -0.4 is 10.6 Å². The maximum atomic E-state index is 5.57. The first-order chi connectivity index (χ1) is 16.2. The highest BCUT2D eigenvalue weighted by Crippen LogP contribution is 2.21. The van der Waals surface area contributed by atoms with E-state index in [2.05, 4.69) is 81.1 Å². The SMILES string of the molecule is CN=C(NCCc1ccc(-n2cccn2)cc1)NCC(c1ccc(C)cc1)N1CCOCC1.I. The van der Waals surface area contributed by atoms with Gasteiger partial charge in [-0.3, -0.25) is 9.89 Å². The average Bonchev–Trinajstić information content (AvgIpc) is 3.40. The van der Waals surface area contributed by atoms with Crippen molar-refractivity contribution >= 4 is 29.9 Å². The minimum Gasteiger partial charge on any atom is -0.379 e. The molecule has 0 bridgehead atoms. The standard InChI is InChI=1S/C26H34N6O.HI/c1-21-4-8-23(9-5-21)25(31-16-18-33-19-17-31)20-29-26(27-2)28-14-12-22-6-10-24(11-7-22)32-15-3-13-30-32;/h3-11,13,15,25H,12,14,16-20H2,1-2H3,(H2,27,28,29);1H. The van der Waals surface area contributed by atoms with E-state index in [0.717, 1.165) is 57.5 Å². The van der Waals surface area contributed by atoms with E-state index in [4.69, 9.17) is 4.74 Å².